The van der Waals surface area contributed by atoms with E-state index >= 15 is 0 Å². The van der Waals surface area contributed by atoms with Gasteiger partial charge in [0.25, 0.3) is 0 Å². The van der Waals surface area contributed by atoms with Crippen LogP contribution in [0.3, 0.4) is 0 Å². The Morgan fingerprint density at radius 1 is 1.32 bits per heavy atom. The number of anilines is 1. The third kappa shape index (κ3) is 3.64. The smallest absolute Gasteiger partial charge is 0.751 e. The molecule has 1 N–H and O–H groups in total. The van der Waals surface area contributed by atoms with E-state index in [9.17, 15) is 13.0 Å². The van der Waals surface area contributed by atoms with Gasteiger partial charge in [0.05, 0.1) is 11.1 Å². The van der Waals surface area contributed by atoms with Gasteiger partial charge in [0.2, 0.25) is 0 Å². The van der Waals surface area contributed by atoms with Gasteiger partial charge < -0.3 is 22.1 Å². The molecule has 2 unspecified atom stereocenters. The van der Waals surface area contributed by atoms with Crippen molar-refractivity contribution in [3.8, 4) is 0 Å². The summed E-state index contributed by atoms with van der Waals surface area (Å²) in [4.78, 5) is 1.68. The average molecular weight is 310 g/mol. The van der Waals surface area contributed by atoms with Crippen molar-refractivity contribution in [1.29, 1.82) is 0 Å². The molecule has 2 atom stereocenters. The number of rotatable bonds is 2. The van der Waals surface area contributed by atoms with Crippen molar-refractivity contribution >= 4 is 28.4 Å². The monoisotopic (exact) mass is 310 g/mol. The minimum Gasteiger partial charge on any atom is -0.751 e. The molecule has 0 saturated carbocycles. The van der Waals surface area contributed by atoms with Crippen LogP contribution in [0.1, 0.15) is 6.92 Å². The fourth-order valence-electron chi connectivity index (χ4n) is 1.86. The number of benzene rings is 1. The number of hydrazine groups is 1. The van der Waals surface area contributed by atoms with E-state index in [2.05, 4.69) is 5.43 Å². The molecule has 1 aromatic carbocycles. The quantitative estimate of drug-likeness (QED) is 0.355. The van der Waals surface area contributed by atoms with Crippen molar-refractivity contribution in [3.63, 3.8) is 0 Å². The molecule has 2 rings (SSSR count). The van der Waals surface area contributed by atoms with Gasteiger partial charge >= 0.3 is 29.6 Å². The second-order valence-corrected chi connectivity index (χ2v) is 5.91. The van der Waals surface area contributed by atoms with Crippen LogP contribution in [0.15, 0.2) is 29.2 Å². The van der Waals surface area contributed by atoms with E-state index in [1.165, 1.54) is 12.1 Å². The van der Waals surface area contributed by atoms with Gasteiger partial charge in [-0.25, -0.2) is 13.4 Å². The second kappa shape index (κ2) is 6.31. The van der Waals surface area contributed by atoms with Gasteiger partial charge in [-0.3, -0.25) is 5.43 Å². The Kier molecular flexibility index (Phi) is 5.73. The van der Waals surface area contributed by atoms with E-state index in [0.717, 1.165) is 5.69 Å². The summed E-state index contributed by atoms with van der Waals surface area (Å²) in [7, 11) is -2.53. The van der Waals surface area contributed by atoms with Crippen LogP contribution in [0.4, 0.5) is 5.69 Å². The average Bonchev–Trinajstić information content (AvgIpc) is 2.52. The molecule has 1 saturated heterocycles. The molecule has 0 bridgehead atoms. The fraction of sp³-hybridized carbons (Fsp3) is 0.400. The standard InChI is InChI=1S/C10H15N3O3S2.Na/c1-7-12(2)11-10(17)13(7)8-3-5-9(6-4-8)18(14,15)16;/h3-7,10-11,17H,1-2H3,(H,14,15,16);/q;+1/p-2. The summed E-state index contributed by atoms with van der Waals surface area (Å²) in [5.74, 6) is 0. The van der Waals surface area contributed by atoms with Crippen molar-refractivity contribution in [3.05, 3.63) is 24.3 Å². The first-order valence-electron chi connectivity index (χ1n) is 5.30. The Morgan fingerprint density at radius 2 is 1.84 bits per heavy atom. The van der Waals surface area contributed by atoms with Gasteiger partial charge in [-0.1, -0.05) is 0 Å². The molecule has 1 aliphatic heterocycles. The van der Waals surface area contributed by atoms with E-state index in [-0.39, 0.29) is 46.1 Å². The molecule has 1 aliphatic rings. The summed E-state index contributed by atoms with van der Waals surface area (Å²) in [6.45, 7) is 1.97. The van der Waals surface area contributed by atoms with Crippen molar-refractivity contribution in [2.75, 3.05) is 11.9 Å². The maximum absolute atomic E-state index is 10.8. The van der Waals surface area contributed by atoms with E-state index in [1.807, 2.05) is 23.9 Å². The predicted octanol–water partition coefficient (Wildman–Crippen LogP) is -2.97. The molecule has 0 aromatic heterocycles. The Bertz CT molecular complexity index is 537. The van der Waals surface area contributed by atoms with E-state index in [0.29, 0.717) is 0 Å². The fourth-order valence-corrected chi connectivity index (χ4v) is 2.80. The van der Waals surface area contributed by atoms with Gasteiger partial charge in [-0.15, -0.1) is 0 Å². The topological polar surface area (TPSA) is 75.7 Å². The van der Waals surface area contributed by atoms with Gasteiger partial charge in [-0.2, -0.15) is 0 Å². The third-order valence-corrected chi connectivity index (χ3v) is 4.14. The summed E-state index contributed by atoms with van der Waals surface area (Å²) in [5, 5.41) is 1.87. The second-order valence-electron chi connectivity index (χ2n) is 4.08. The molecule has 19 heavy (non-hydrogen) atoms. The Labute approximate surface area is 140 Å². The SMILES string of the molecule is CC1N(C)NC([S-])N1c1ccc(S(=O)(=O)[O-])cc1.[Na+]. The van der Waals surface area contributed by atoms with E-state index in [4.69, 9.17) is 12.6 Å². The van der Waals surface area contributed by atoms with E-state index < -0.39 is 10.1 Å². The van der Waals surface area contributed by atoms with Gasteiger partial charge in [0, 0.05) is 12.7 Å². The zero-order valence-corrected chi connectivity index (χ0v) is 14.5. The molecule has 1 heterocycles. The largest absolute Gasteiger partial charge is 1.00 e. The Morgan fingerprint density at radius 3 is 2.21 bits per heavy atom. The van der Waals surface area contributed by atoms with Crippen LogP contribution in [0.25, 0.3) is 0 Å². The van der Waals surface area contributed by atoms with Crippen LogP contribution in [0.2, 0.25) is 0 Å². The van der Waals surface area contributed by atoms with Crippen molar-refractivity contribution in [2.24, 2.45) is 0 Å². The molecule has 0 aliphatic carbocycles. The van der Waals surface area contributed by atoms with Crippen LogP contribution < -0.4 is 39.9 Å². The molecule has 9 heteroatoms. The molecule has 1 fully saturated rings. The molecule has 0 amide bonds. The first kappa shape index (κ1) is 17.3. The summed E-state index contributed by atoms with van der Waals surface area (Å²) in [6.07, 6.45) is 0.0437. The molecule has 1 aromatic rings. The summed E-state index contributed by atoms with van der Waals surface area (Å²) in [6, 6.07) is 5.76. The van der Waals surface area contributed by atoms with Gasteiger partial charge in [0.1, 0.15) is 10.1 Å². The summed E-state index contributed by atoms with van der Waals surface area (Å²) >= 11 is 5.26. The van der Waals surface area contributed by atoms with Crippen molar-refractivity contribution in [1.82, 2.24) is 10.4 Å². The molecule has 100 valence electrons. The molecule has 0 radical (unpaired) electrons. The van der Waals surface area contributed by atoms with Crippen LogP contribution >= 0.6 is 0 Å². The van der Waals surface area contributed by atoms with Crippen molar-refractivity contribution < 1.29 is 42.5 Å². The van der Waals surface area contributed by atoms with Gasteiger partial charge in [-0.05, 0) is 36.7 Å². The molecular weight excluding hydrogens is 297 g/mol. The van der Waals surface area contributed by atoms with Crippen molar-refractivity contribution in [2.45, 2.75) is 23.5 Å². The first-order valence-corrected chi connectivity index (χ1v) is 7.18. The Balaban J connectivity index is 0.00000180. The zero-order chi connectivity index (χ0) is 13.5. The minimum absolute atomic E-state index is 0. The first-order chi connectivity index (χ1) is 8.30. The van der Waals surface area contributed by atoms with Crippen LogP contribution in [0, 0.1) is 0 Å². The van der Waals surface area contributed by atoms with Gasteiger partial charge in [0.15, 0.2) is 0 Å². The van der Waals surface area contributed by atoms with Crippen LogP contribution in [0.5, 0.6) is 0 Å². The summed E-state index contributed by atoms with van der Waals surface area (Å²) < 4.78 is 32.5. The third-order valence-electron chi connectivity index (χ3n) is 2.95. The molecule has 0 spiro atoms. The van der Waals surface area contributed by atoms with Crippen LogP contribution in [-0.4, -0.2) is 36.7 Å². The summed E-state index contributed by atoms with van der Waals surface area (Å²) in [5.41, 5.74) is 3.52. The zero-order valence-electron chi connectivity index (χ0n) is 10.9. The maximum atomic E-state index is 10.8. The predicted molar refractivity (Wildman–Crippen MR) is 68.4 cm³/mol. The maximum Gasteiger partial charge on any atom is 1.00 e. The number of hydrogen-bond donors (Lipinski definition) is 1. The molecular formula is C10H13N3NaO3S2-. The number of hydrogen-bond acceptors (Lipinski definition) is 7. The molecule has 6 nitrogen and oxygen atoms in total. The Hall–Kier alpha value is 0.200. The number of nitrogens with one attached hydrogen (secondary N) is 1. The minimum atomic E-state index is -4.40. The number of nitrogens with zero attached hydrogens (tertiary/aromatic N) is 2. The van der Waals surface area contributed by atoms with Crippen LogP contribution in [-0.2, 0) is 22.7 Å². The normalized spacial score (nSPS) is 24.3. The van der Waals surface area contributed by atoms with E-state index in [1.54, 1.807) is 12.1 Å².